The average molecular weight is 348 g/mol. The Bertz CT molecular complexity index is 680. The van der Waals surface area contributed by atoms with Crippen LogP contribution in [0.2, 0.25) is 0 Å². The maximum atomic E-state index is 12.2. The van der Waals surface area contributed by atoms with Crippen molar-refractivity contribution in [2.75, 3.05) is 5.32 Å². The molecule has 0 radical (unpaired) electrons. The van der Waals surface area contributed by atoms with Crippen molar-refractivity contribution in [2.24, 2.45) is 0 Å². The summed E-state index contributed by atoms with van der Waals surface area (Å²) in [7, 11) is 0. The van der Waals surface area contributed by atoms with Gasteiger partial charge in [0.2, 0.25) is 0 Å². The molecule has 2 aromatic carbocycles. The Hall–Kier alpha value is -2.14. The van der Waals surface area contributed by atoms with Crippen LogP contribution in [0.1, 0.15) is 31.8 Å². The summed E-state index contributed by atoms with van der Waals surface area (Å²) in [5.74, 6) is -1.28. The molecular weight excluding hydrogens is 334 g/mol. The molecule has 2 N–H and O–H groups in total. The number of hydrogen-bond acceptors (Lipinski definition) is 2. The van der Waals surface area contributed by atoms with Crippen molar-refractivity contribution in [3.05, 3.63) is 64.7 Å². The molecule has 2 rings (SSSR count). The van der Waals surface area contributed by atoms with E-state index in [2.05, 4.69) is 21.2 Å². The number of rotatable bonds is 4. The average Bonchev–Trinajstić information content (AvgIpc) is 2.49. The van der Waals surface area contributed by atoms with Gasteiger partial charge in [0, 0.05) is 16.6 Å². The van der Waals surface area contributed by atoms with Crippen LogP contribution >= 0.6 is 15.9 Å². The second-order valence-corrected chi connectivity index (χ2v) is 5.18. The molecule has 0 aliphatic rings. The largest absolute Gasteiger partial charge is 0.478 e. The fourth-order valence-electron chi connectivity index (χ4n) is 1.83. The second kappa shape index (κ2) is 6.54. The molecule has 4 nitrogen and oxygen atoms in total. The van der Waals surface area contributed by atoms with E-state index in [1.54, 1.807) is 18.2 Å². The van der Waals surface area contributed by atoms with Gasteiger partial charge in [-0.15, -0.1) is 0 Å². The molecule has 0 spiro atoms. The third kappa shape index (κ3) is 3.70. The first-order chi connectivity index (χ1) is 10.0. The first kappa shape index (κ1) is 15.3. The van der Waals surface area contributed by atoms with Gasteiger partial charge in [0.1, 0.15) is 0 Å². The summed E-state index contributed by atoms with van der Waals surface area (Å²) in [6.45, 7) is 1.81. The van der Waals surface area contributed by atoms with Gasteiger partial charge in [-0.1, -0.05) is 34.1 Å². The number of nitrogens with one attached hydrogen (secondary N) is 1. The van der Waals surface area contributed by atoms with Gasteiger partial charge in [-0.05, 0) is 42.3 Å². The van der Waals surface area contributed by atoms with E-state index in [1.165, 1.54) is 12.1 Å². The molecule has 0 aliphatic heterocycles. The highest BCUT2D eigenvalue weighted by atomic mass is 79.9. The minimum atomic E-state index is -1.02. The van der Waals surface area contributed by atoms with Crippen LogP contribution in [0.4, 0.5) is 5.69 Å². The number of carboxylic acid groups (broad SMARTS) is 1. The van der Waals surface area contributed by atoms with E-state index in [1.807, 2.05) is 19.1 Å². The smallest absolute Gasteiger partial charge is 0.335 e. The Labute approximate surface area is 130 Å². The molecule has 0 heterocycles. The first-order valence-electron chi connectivity index (χ1n) is 6.31. The molecule has 1 amide bonds. The Balaban J connectivity index is 2.22. The number of carbonyl (C=O) groups is 2. The van der Waals surface area contributed by atoms with Gasteiger partial charge in [-0.3, -0.25) is 4.79 Å². The van der Waals surface area contributed by atoms with Gasteiger partial charge < -0.3 is 10.4 Å². The Kier molecular flexibility index (Phi) is 4.75. The molecule has 108 valence electrons. The quantitative estimate of drug-likeness (QED) is 0.825. The molecule has 0 fully saturated rings. The number of hydrogen-bond donors (Lipinski definition) is 2. The number of aryl methyl sites for hydroxylation is 1. The number of carboxylic acids is 1. The van der Waals surface area contributed by atoms with Crippen LogP contribution in [0.3, 0.4) is 0 Å². The topological polar surface area (TPSA) is 66.4 Å². The SMILES string of the molecule is Cc1ccc(C(=O)O)cc1NC(=O)c1ccc(CBr)cc1. The minimum absolute atomic E-state index is 0.144. The zero-order chi connectivity index (χ0) is 15.4. The number of aromatic carboxylic acids is 1. The maximum Gasteiger partial charge on any atom is 0.335 e. The third-order valence-electron chi connectivity index (χ3n) is 3.10. The summed E-state index contributed by atoms with van der Waals surface area (Å²) >= 11 is 3.35. The van der Waals surface area contributed by atoms with Crippen LogP contribution in [-0.4, -0.2) is 17.0 Å². The van der Waals surface area contributed by atoms with E-state index in [0.29, 0.717) is 11.3 Å². The molecule has 0 saturated carbocycles. The molecule has 0 aliphatic carbocycles. The van der Waals surface area contributed by atoms with Crippen LogP contribution in [0.5, 0.6) is 0 Å². The first-order valence-corrected chi connectivity index (χ1v) is 7.43. The number of alkyl halides is 1. The normalized spacial score (nSPS) is 10.2. The number of benzene rings is 2. The zero-order valence-electron chi connectivity index (χ0n) is 11.4. The molecule has 0 unspecified atom stereocenters. The van der Waals surface area contributed by atoms with Crippen LogP contribution in [-0.2, 0) is 5.33 Å². The highest BCUT2D eigenvalue weighted by Crippen LogP contribution is 2.18. The molecule has 0 bridgehead atoms. The van der Waals surface area contributed by atoms with E-state index in [-0.39, 0.29) is 11.5 Å². The van der Waals surface area contributed by atoms with Gasteiger partial charge in [0.05, 0.1) is 5.56 Å². The van der Waals surface area contributed by atoms with Gasteiger partial charge >= 0.3 is 5.97 Å². The highest BCUT2D eigenvalue weighted by molar-refractivity contribution is 9.08. The fourth-order valence-corrected chi connectivity index (χ4v) is 2.20. The predicted octanol–water partition coefficient (Wildman–Crippen LogP) is 3.84. The van der Waals surface area contributed by atoms with Crippen molar-refractivity contribution in [3.8, 4) is 0 Å². The lowest BCUT2D eigenvalue weighted by atomic mass is 10.1. The lowest BCUT2D eigenvalue weighted by molar-refractivity contribution is 0.0696. The Morgan fingerprint density at radius 1 is 1.10 bits per heavy atom. The standard InChI is InChI=1S/C16H14BrNO3/c1-10-2-5-13(16(20)21)8-14(10)18-15(19)12-6-3-11(9-17)4-7-12/h2-8H,9H2,1H3,(H,18,19)(H,20,21). The van der Waals surface area contributed by atoms with Gasteiger partial charge in [-0.2, -0.15) is 0 Å². The van der Waals surface area contributed by atoms with Crippen molar-refractivity contribution in [2.45, 2.75) is 12.3 Å². The lowest BCUT2D eigenvalue weighted by Gasteiger charge is -2.09. The number of halogens is 1. The number of carbonyl (C=O) groups excluding carboxylic acids is 1. The molecule has 2 aromatic rings. The summed E-state index contributed by atoms with van der Waals surface area (Å²) < 4.78 is 0. The van der Waals surface area contributed by atoms with Crippen LogP contribution in [0.15, 0.2) is 42.5 Å². The molecule has 0 aromatic heterocycles. The highest BCUT2D eigenvalue weighted by Gasteiger charge is 2.10. The monoisotopic (exact) mass is 347 g/mol. The summed E-state index contributed by atoms with van der Waals surface area (Å²) in [6.07, 6.45) is 0. The van der Waals surface area contributed by atoms with E-state index in [9.17, 15) is 9.59 Å². The van der Waals surface area contributed by atoms with Gasteiger partial charge in [-0.25, -0.2) is 4.79 Å². The van der Waals surface area contributed by atoms with E-state index >= 15 is 0 Å². The van der Waals surface area contributed by atoms with Crippen molar-refractivity contribution in [3.63, 3.8) is 0 Å². The molecule has 21 heavy (non-hydrogen) atoms. The van der Waals surface area contributed by atoms with Crippen molar-refractivity contribution in [1.82, 2.24) is 0 Å². The summed E-state index contributed by atoms with van der Waals surface area (Å²) in [4.78, 5) is 23.2. The van der Waals surface area contributed by atoms with E-state index in [0.717, 1.165) is 16.5 Å². The van der Waals surface area contributed by atoms with Crippen LogP contribution in [0.25, 0.3) is 0 Å². The predicted molar refractivity (Wildman–Crippen MR) is 85.2 cm³/mol. The maximum absolute atomic E-state index is 12.2. The zero-order valence-corrected chi connectivity index (χ0v) is 13.0. The molecule has 5 heteroatoms. The fraction of sp³-hybridized carbons (Fsp3) is 0.125. The van der Waals surface area contributed by atoms with Crippen molar-refractivity contribution < 1.29 is 14.7 Å². The Morgan fingerprint density at radius 2 is 1.71 bits per heavy atom. The molecule has 0 atom stereocenters. The van der Waals surface area contributed by atoms with Crippen molar-refractivity contribution >= 4 is 33.5 Å². The molecule has 0 saturated heterocycles. The van der Waals surface area contributed by atoms with Crippen molar-refractivity contribution in [1.29, 1.82) is 0 Å². The number of amides is 1. The summed E-state index contributed by atoms with van der Waals surface area (Å²) in [6, 6.07) is 11.9. The van der Waals surface area contributed by atoms with Gasteiger partial charge in [0.15, 0.2) is 0 Å². The summed E-state index contributed by atoms with van der Waals surface area (Å²) in [5.41, 5.74) is 3.07. The molecular formula is C16H14BrNO3. The second-order valence-electron chi connectivity index (χ2n) is 4.62. The van der Waals surface area contributed by atoms with Gasteiger partial charge in [0.25, 0.3) is 5.91 Å². The lowest BCUT2D eigenvalue weighted by Crippen LogP contribution is -2.13. The van der Waals surface area contributed by atoms with E-state index < -0.39 is 5.97 Å². The van der Waals surface area contributed by atoms with Crippen LogP contribution in [0, 0.1) is 6.92 Å². The summed E-state index contributed by atoms with van der Waals surface area (Å²) in [5, 5.41) is 12.5. The third-order valence-corrected chi connectivity index (χ3v) is 3.75. The number of anilines is 1. The minimum Gasteiger partial charge on any atom is -0.478 e. The Morgan fingerprint density at radius 3 is 2.29 bits per heavy atom. The van der Waals surface area contributed by atoms with Crippen LogP contribution < -0.4 is 5.32 Å². The van der Waals surface area contributed by atoms with E-state index in [4.69, 9.17) is 5.11 Å².